The Kier molecular flexibility index (Phi) is 4.39. The Bertz CT molecular complexity index is 154. The summed E-state index contributed by atoms with van der Waals surface area (Å²) >= 11 is 0. The van der Waals surface area contributed by atoms with Crippen LogP contribution in [-0.4, -0.2) is 23.4 Å². The smallest absolute Gasteiger partial charge is 0.0942 e. The normalized spacial score (nSPS) is 23.8. The fraction of sp³-hybridized carbons (Fsp3) is 1.00. The van der Waals surface area contributed by atoms with E-state index in [1.54, 1.807) is 0 Å². The Hall–Kier alpha value is -0.0800. The second-order valence-electron chi connectivity index (χ2n) is 4.75. The lowest BCUT2D eigenvalue weighted by Gasteiger charge is -2.42. The summed E-state index contributed by atoms with van der Waals surface area (Å²) in [5, 5.41) is 10.2. The van der Waals surface area contributed by atoms with E-state index in [2.05, 4.69) is 13.8 Å². The highest BCUT2D eigenvalue weighted by molar-refractivity contribution is 4.92. The Labute approximate surface area is 87.7 Å². The minimum atomic E-state index is -0.303. The van der Waals surface area contributed by atoms with Crippen molar-refractivity contribution in [3.05, 3.63) is 0 Å². The molecule has 0 radical (unpaired) electrons. The number of rotatable bonds is 4. The summed E-state index contributed by atoms with van der Waals surface area (Å²) in [6.45, 7) is 6.87. The van der Waals surface area contributed by atoms with Crippen LogP contribution >= 0.6 is 0 Å². The van der Waals surface area contributed by atoms with E-state index in [9.17, 15) is 5.11 Å². The van der Waals surface area contributed by atoms with Crippen molar-refractivity contribution < 1.29 is 9.84 Å². The molecule has 0 aromatic carbocycles. The van der Waals surface area contributed by atoms with E-state index in [4.69, 9.17) is 4.74 Å². The zero-order valence-electron chi connectivity index (χ0n) is 9.75. The van der Waals surface area contributed by atoms with Crippen LogP contribution in [0, 0.1) is 5.92 Å². The molecule has 1 fully saturated rings. The van der Waals surface area contributed by atoms with Crippen LogP contribution in [0.25, 0.3) is 0 Å². The minimum Gasteiger partial charge on any atom is -0.390 e. The first kappa shape index (κ1) is 12.0. The summed E-state index contributed by atoms with van der Waals surface area (Å²) in [6, 6.07) is 0. The monoisotopic (exact) mass is 200 g/mol. The average molecular weight is 200 g/mol. The van der Waals surface area contributed by atoms with E-state index in [1.165, 1.54) is 19.3 Å². The zero-order chi connectivity index (χ0) is 10.6. The fourth-order valence-electron chi connectivity index (χ4n) is 2.57. The van der Waals surface area contributed by atoms with Crippen molar-refractivity contribution >= 4 is 0 Å². The zero-order valence-corrected chi connectivity index (χ0v) is 9.75. The van der Waals surface area contributed by atoms with E-state index in [1.807, 2.05) is 6.92 Å². The second-order valence-corrected chi connectivity index (χ2v) is 4.75. The van der Waals surface area contributed by atoms with Crippen LogP contribution in [-0.2, 0) is 4.74 Å². The van der Waals surface area contributed by atoms with E-state index >= 15 is 0 Å². The highest BCUT2D eigenvalue weighted by Gasteiger charge is 2.40. The lowest BCUT2D eigenvalue weighted by molar-refractivity contribution is -0.152. The van der Waals surface area contributed by atoms with E-state index in [0.717, 1.165) is 12.8 Å². The number of ether oxygens (including phenoxy) is 1. The van der Waals surface area contributed by atoms with E-state index in [0.29, 0.717) is 12.5 Å². The van der Waals surface area contributed by atoms with Gasteiger partial charge in [0.25, 0.3) is 0 Å². The van der Waals surface area contributed by atoms with Gasteiger partial charge in [0.05, 0.1) is 11.7 Å². The third-order valence-corrected chi connectivity index (χ3v) is 3.30. The number of hydrogen-bond donors (Lipinski definition) is 1. The minimum absolute atomic E-state index is 0.235. The highest BCUT2D eigenvalue weighted by atomic mass is 16.5. The van der Waals surface area contributed by atoms with Gasteiger partial charge in [-0.05, 0) is 25.7 Å². The van der Waals surface area contributed by atoms with Gasteiger partial charge in [-0.1, -0.05) is 33.1 Å². The summed E-state index contributed by atoms with van der Waals surface area (Å²) in [7, 11) is 0. The van der Waals surface area contributed by atoms with Crippen LogP contribution in [0.15, 0.2) is 0 Å². The lowest BCUT2D eigenvalue weighted by atomic mass is 9.77. The SMILES string of the molecule is CCOC1(C(O)C(C)C)CCCCC1. The number of hydrogen-bond acceptors (Lipinski definition) is 2. The molecule has 2 nitrogen and oxygen atoms in total. The Morgan fingerprint density at radius 3 is 2.21 bits per heavy atom. The van der Waals surface area contributed by atoms with Crippen LogP contribution in [0.5, 0.6) is 0 Å². The molecule has 0 amide bonds. The fourth-order valence-corrected chi connectivity index (χ4v) is 2.57. The van der Waals surface area contributed by atoms with Crippen molar-refractivity contribution in [2.24, 2.45) is 5.92 Å². The predicted octanol–water partition coefficient (Wildman–Crippen LogP) is 2.74. The van der Waals surface area contributed by atoms with Gasteiger partial charge in [0.2, 0.25) is 0 Å². The van der Waals surface area contributed by atoms with Crippen molar-refractivity contribution in [1.82, 2.24) is 0 Å². The molecule has 1 atom stereocenters. The average Bonchev–Trinajstić information content (AvgIpc) is 2.18. The molecule has 0 spiro atoms. The first-order chi connectivity index (χ1) is 6.62. The molecule has 1 aliphatic rings. The first-order valence-electron chi connectivity index (χ1n) is 5.94. The molecule has 0 bridgehead atoms. The van der Waals surface area contributed by atoms with E-state index < -0.39 is 0 Å². The van der Waals surface area contributed by atoms with Gasteiger partial charge in [-0.15, -0.1) is 0 Å². The quantitative estimate of drug-likeness (QED) is 0.756. The Morgan fingerprint density at radius 2 is 1.79 bits per heavy atom. The Balaban J connectivity index is 2.68. The predicted molar refractivity (Wildman–Crippen MR) is 58.3 cm³/mol. The van der Waals surface area contributed by atoms with Crippen molar-refractivity contribution in [2.45, 2.75) is 64.6 Å². The summed E-state index contributed by atoms with van der Waals surface area (Å²) in [5.74, 6) is 0.291. The molecule has 84 valence electrons. The van der Waals surface area contributed by atoms with Crippen LogP contribution < -0.4 is 0 Å². The molecule has 0 saturated heterocycles. The first-order valence-corrected chi connectivity index (χ1v) is 5.94. The molecule has 14 heavy (non-hydrogen) atoms. The van der Waals surface area contributed by atoms with Crippen LogP contribution in [0.3, 0.4) is 0 Å². The summed E-state index contributed by atoms with van der Waals surface area (Å²) < 4.78 is 5.84. The molecule has 0 heterocycles. The van der Waals surface area contributed by atoms with Gasteiger partial charge < -0.3 is 9.84 Å². The standard InChI is InChI=1S/C12H24O2/c1-4-14-12(11(13)10(2)3)8-6-5-7-9-12/h10-11,13H,4-9H2,1-3H3. The maximum absolute atomic E-state index is 10.2. The van der Waals surface area contributed by atoms with Crippen molar-refractivity contribution in [1.29, 1.82) is 0 Å². The third-order valence-electron chi connectivity index (χ3n) is 3.30. The summed E-state index contributed by atoms with van der Waals surface area (Å²) in [4.78, 5) is 0. The largest absolute Gasteiger partial charge is 0.390 e. The van der Waals surface area contributed by atoms with Crippen molar-refractivity contribution in [3.8, 4) is 0 Å². The second kappa shape index (κ2) is 5.13. The molecule has 0 aromatic rings. The molecule has 0 aromatic heterocycles. The Morgan fingerprint density at radius 1 is 1.21 bits per heavy atom. The molecular formula is C12H24O2. The maximum atomic E-state index is 10.2. The van der Waals surface area contributed by atoms with Crippen LogP contribution in [0.2, 0.25) is 0 Å². The van der Waals surface area contributed by atoms with Gasteiger partial charge in [0.1, 0.15) is 0 Å². The van der Waals surface area contributed by atoms with Gasteiger partial charge in [0, 0.05) is 6.61 Å². The summed E-state index contributed by atoms with van der Waals surface area (Å²) in [6.07, 6.45) is 5.44. The lowest BCUT2D eigenvalue weighted by Crippen LogP contribution is -2.49. The molecule has 1 rings (SSSR count). The van der Waals surface area contributed by atoms with Gasteiger partial charge >= 0.3 is 0 Å². The molecule has 1 N–H and O–H groups in total. The topological polar surface area (TPSA) is 29.5 Å². The molecule has 1 unspecified atom stereocenters. The summed E-state index contributed by atoms with van der Waals surface area (Å²) in [5.41, 5.74) is -0.235. The van der Waals surface area contributed by atoms with Gasteiger partial charge in [-0.25, -0.2) is 0 Å². The number of aliphatic hydroxyl groups excluding tert-OH is 1. The molecule has 2 heteroatoms. The van der Waals surface area contributed by atoms with E-state index in [-0.39, 0.29) is 11.7 Å². The molecule has 0 aliphatic heterocycles. The molecular weight excluding hydrogens is 176 g/mol. The highest BCUT2D eigenvalue weighted by Crippen LogP contribution is 2.36. The van der Waals surface area contributed by atoms with Crippen molar-refractivity contribution in [3.63, 3.8) is 0 Å². The van der Waals surface area contributed by atoms with Crippen LogP contribution in [0.1, 0.15) is 52.9 Å². The van der Waals surface area contributed by atoms with Crippen LogP contribution in [0.4, 0.5) is 0 Å². The van der Waals surface area contributed by atoms with Gasteiger partial charge in [-0.3, -0.25) is 0 Å². The number of aliphatic hydroxyl groups is 1. The third kappa shape index (κ3) is 2.48. The maximum Gasteiger partial charge on any atom is 0.0942 e. The molecule has 1 aliphatic carbocycles. The molecule has 1 saturated carbocycles. The van der Waals surface area contributed by atoms with Crippen molar-refractivity contribution in [2.75, 3.05) is 6.61 Å². The van der Waals surface area contributed by atoms with Gasteiger partial charge in [0.15, 0.2) is 0 Å². The van der Waals surface area contributed by atoms with Gasteiger partial charge in [-0.2, -0.15) is 0 Å².